The van der Waals surface area contributed by atoms with Crippen molar-refractivity contribution in [3.8, 4) is 0 Å². The first-order valence-corrected chi connectivity index (χ1v) is 7.56. The highest BCUT2D eigenvalue weighted by atomic mass is 19.1. The zero-order chi connectivity index (χ0) is 16.9. The molecule has 2 heterocycles. The highest BCUT2D eigenvalue weighted by Crippen LogP contribution is 2.18. The summed E-state index contributed by atoms with van der Waals surface area (Å²) in [6, 6.07) is 3.16. The number of hydrogen-bond donors (Lipinski definition) is 2. The Kier molecular flexibility index (Phi) is 4.95. The lowest BCUT2D eigenvalue weighted by atomic mass is 10.2. The van der Waals surface area contributed by atoms with Gasteiger partial charge in [0, 0.05) is 19.2 Å². The van der Waals surface area contributed by atoms with Crippen molar-refractivity contribution in [2.24, 2.45) is 0 Å². The molecule has 6 nitrogen and oxygen atoms in total. The van der Waals surface area contributed by atoms with Crippen LogP contribution in [-0.2, 0) is 4.74 Å². The molecule has 1 fully saturated rings. The molecule has 1 unspecified atom stereocenters. The maximum absolute atomic E-state index is 13.6. The third kappa shape index (κ3) is 4.02. The number of anilines is 2. The number of hydrogen-bond acceptors (Lipinski definition) is 5. The van der Waals surface area contributed by atoms with Crippen LogP contribution in [-0.4, -0.2) is 35.1 Å². The van der Waals surface area contributed by atoms with E-state index < -0.39 is 11.6 Å². The fourth-order valence-corrected chi connectivity index (χ4v) is 2.34. The van der Waals surface area contributed by atoms with E-state index in [1.807, 2.05) is 0 Å². The maximum atomic E-state index is 13.6. The second-order valence-corrected chi connectivity index (χ2v) is 5.38. The Morgan fingerprint density at radius 3 is 2.83 bits per heavy atom. The molecule has 1 aliphatic rings. The van der Waals surface area contributed by atoms with Crippen LogP contribution in [0.1, 0.15) is 23.3 Å². The molecule has 0 bridgehead atoms. The van der Waals surface area contributed by atoms with Crippen LogP contribution in [0.4, 0.5) is 20.3 Å². The van der Waals surface area contributed by atoms with Crippen LogP contribution in [0.25, 0.3) is 0 Å². The number of amides is 1. The normalized spacial score (nSPS) is 16.8. The Bertz CT molecular complexity index is 719. The first-order chi connectivity index (χ1) is 11.6. The molecular formula is C16H16F2N4O2. The number of aromatic nitrogens is 2. The van der Waals surface area contributed by atoms with Crippen LogP contribution in [0, 0.1) is 11.6 Å². The first-order valence-electron chi connectivity index (χ1n) is 7.56. The van der Waals surface area contributed by atoms with E-state index in [0.717, 1.165) is 31.6 Å². The van der Waals surface area contributed by atoms with Gasteiger partial charge in [-0.05, 0) is 25.0 Å². The highest BCUT2D eigenvalue weighted by Gasteiger charge is 2.17. The minimum atomic E-state index is -0.741. The molecule has 1 saturated heterocycles. The van der Waals surface area contributed by atoms with Crippen LogP contribution in [0.15, 0.2) is 30.6 Å². The van der Waals surface area contributed by atoms with Crippen molar-refractivity contribution >= 4 is 17.4 Å². The number of benzene rings is 1. The highest BCUT2D eigenvalue weighted by molar-refractivity contribution is 5.92. The molecular weight excluding hydrogens is 318 g/mol. The van der Waals surface area contributed by atoms with E-state index >= 15 is 0 Å². The Morgan fingerprint density at radius 2 is 2.17 bits per heavy atom. The number of carbonyl (C=O) groups excluding carboxylic acids is 1. The molecule has 1 aliphatic heterocycles. The molecule has 2 N–H and O–H groups in total. The number of ether oxygens (including phenoxy) is 1. The second kappa shape index (κ2) is 7.31. The van der Waals surface area contributed by atoms with Crippen molar-refractivity contribution < 1.29 is 18.3 Å². The topological polar surface area (TPSA) is 76.1 Å². The molecule has 8 heteroatoms. The van der Waals surface area contributed by atoms with Crippen molar-refractivity contribution in [3.05, 3.63) is 47.9 Å². The summed E-state index contributed by atoms with van der Waals surface area (Å²) in [4.78, 5) is 20.0. The zero-order valence-electron chi connectivity index (χ0n) is 12.8. The van der Waals surface area contributed by atoms with Gasteiger partial charge in [0.15, 0.2) is 0 Å². The summed E-state index contributed by atoms with van der Waals surface area (Å²) >= 11 is 0. The molecule has 1 aromatic carbocycles. The van der Waals surface area contributed by atoms with Crippen LogP contribution < -0.4 is 10.6 Å². The third-order valence-electron chi connectivity index (χ3n) is 3.59. The number of nitrogens with one attached hydrogen (secondary N) is 2. The molecule has 3 rings (SSSR count). The van der Waals surface area contributed by atoms with Gasteiger partial charge in [-0.3, -0.25) is 4.79 Å². The molecule has 0 spiro atoms. The van der Waals surface area contributed by atoms with E-state index in [1.165, 1.54) is 18.5 Å². The second-order valence-electron chi connectivity index (χ2n) is 5.38. The van der Waals surface area contributed by atoms with Gasteiger partial charge in [-0.25, -0.2) is 18.7 Å². The minimum absolute atomic E-state index is 0.0456. The van der Waals surface area contributed by atoms with E-state index in [1.54, 1.807) is 0 Å². The van der Waals surface area contributed by atoms with Crippen molar-refractivity contribution in [3.63, 3.8) is 0 Å². The molecule has 0 aliphatic carbocycles. The Hall–Kier alpha value is -2.61. The van der Waals surface area contributed by atoms with Gasteiger partial charge in [-0.1, -0.05) is 0 Å². The van der Waals surface area contributed by atoms with Crippen LogP contribution >= 0.6 is 0 Å². The summed E-state index contributed by atoms with van der Waals surface area (Å²) in [6.07, 6.45) is 4.57. The van der Waals surface area contributed by atoms with Crippen LogP contribution in [0.3, 0.4) is 0 Å². The quantitative estimate of drug-likeness (QED) is 0.878. The third-order valence-corrected chi connectivity index (χ3v) is 3.59. The van der Waals surface area contributed by atoms with Crippen LogP contribution in [0.2, 0.25) is 0 Å². The fraction of sp³-hybridized carbons (Fsp3) is 0.312. The van der Waals surface area contributed by atoms with E-state index in [4.69, 9.17) is 4.74 Å². The van der Waals surface area contributed by atoms with Gasteiger partial charge >= 0.3 is 0 Å². The van der Waals surface area contributed by atoms with Crippen LogP contribution in [0.5, 0.6) is 0 Å². The van der Waals surface area contributed by atoms with Crippen molar-refractivity contribution in [1.82, 2.24) is 15.3 Å². The van der Waals surface area contributed by atoms with Gasteiger partial charge in [-0.15, -0.1) is 0 Å². The molecule has 0 radical (unpaired) electrons. The van der Waals surface area contributed by atoms with E-state index in [0.29, 0.717) is 6.54 Å². The smallest absolute Gasteiger partial charge is 0.271 e. The maximum Gasteiger partial charge on any atom is 0.271 e. The first kappa shape index (κ1) is 16.3. The predicted molar refractivity (Wildman–Crippen MR) is 83.0 cm³/mol. The predicted octanol–water partition coefficient (Wildman–Crippen LogP) is 2.41. The molecule has 1 aromatic heterocycles. The summed E-state index contributed by atoms with van der Waals surface area (Å²) in [5, 5.41) is 5.41. The van der Waals surface area contributed by atoms with Crippen molar-refractivity contribution in [1.29, 1.82) is 0 Å². The van der Waals surface area contributed by atoms with Gasteiger partial charge in [0.25, 0.3) is 5.91 Å². The minimum Gasteiger partial charge on any atom is -0.376 e. The average molecular weight is 334 g/mol. The fourth-order valence-electron chi connectivity index (χ4n) is 2.34. The van der Waals surface area contributed by atoms with Gasteiger partial charge in [0.05, 0.1) is 24.2 Å². The van der Waals surface area contributed by atoms with E-state index in [9.17, 15) is 13.6 Å². The summed E-state index contributed by atoms with van der Waals surface area (Å²) < 4.78 is 31.9. The summed E-state index contributed by atoms with van der Waals surface area (Å²) in [5.74, 6) is -1.51. The molecule has 126 valence electrons. The molecule has 24 heavy (non-hydrogen) atoms. The lowest BCUT2D eigenvalue weighted by Gasteiger charge is -2.10. The summed E-state index contributed by atoms with van der Waals surface area (Å²) in [5.41, 5.74) is 0.222. The number of halogens is 2. The SMILES string of the molecule is O=C(NCC1CCCO1)c1cnc(Nc2ccc(F)cc2F)cn1. The zero-order valence-corrected chi connectivity index (χ0v) is 12.8. The number of carbonyl (C=O) groups is 1. The average Bonchev–Trinajstić information content (AvgIpc) is 3.09. The largest absolute Gasteiger partial charge is 0.376 e. The summed E-state index contributed by atoms with van der Waals surface area (Å²) in [7, 11) is 0. The Labute approximate surface area is 137 Å². The van der Waals surface area contributed by atoms with E-state index in [2.05, 4.69) is 20.6 Å². The number of rotatable bonds is 5. The Morgan fingerprint density at radius 1 is 1.29 bits per heavy atom. The van der Waals surface area contributed by atoms with Gasteiger partial charge < -0.3 is 15.4 Å². The number of nitrogens with zero attached hydrogens (tertiary/aromatic N) is 2. The summed E-state index contributed by atoms with van der Waals surface area (Å²) in [6.45, 7) is 1.15. The van der Waals surface area contributed by atoms with E-state index in [-0.39, 0.29) is 29.2 Å². The molecule has 1 atom stereocenters. The lowest BCUT2D eigenvalue weighted by molar-refractivity contribution is 0.0853. The Balaban J connectivity index is 1.59. The van der Waals surface area contributed by atoms with Crippen molar-refractivity contribution in [2.75, 3.05) is 18.5 Å². The standard InChI is InChI=1S/C16H16F2N4O2/c17-10-3-4-13(12(18)6-10)22-15-9-19-14(8-20-15)16(23)21-7-11-2-1-5-24-11/h3-4,6,8-9,11H,1-2,5,7H2,(H,20,22)(H,21,23). The lowest BCUT2D eigenvalue weighted by Crippen LogP contribution is -2.32. The molecule has 0 saturated carbocycles. The molecule has 2 aromatic rings. The van der Waals surface area contributed by atoms with Gasteiger partial charge in [0.2, 0.25) is 0 Å². The van der Waals surface area contributed by atoms with Gasteiger partial charge in [0.1, 0.15) is 23.1 Å². The van der Waals surface area contributed by atoms with Gasteiger partial charge in [-0.2, -0.15) is 0 Å². The van der Waals surface area contributed by atoms with Crippen molar-refractivity contribution in [2.45, 2.75) is 18.9 Å². The molecule has 1 amide bonds. The monoisotopic (exact) mass is 334 g/mol.